The van der Waals surface area contributed by atoms with Crippen LogP contribution in [0.1, 0.15) is 41.3 Å². The Morgan fingerprint density at radius 2 is 1.67 bits per heavy atom. The maximum Gasteiger partial charge on any atom is 0.429 e. The van der Waals surface area contributed by atoms with E-state index in [2.05, 4.69) is 15.3 Å². The van der Waals surface area contributed by atoms with Gasteiger partial charge in [-0.05, 0) is 47.9 Å². The summed E-state index contributed by atoms with van der Waals surface area (Å²) in [7, 11) is 3.31. The van der Waals surface area contributed by atoms with Crippen molar-refractivity contribution in [3.8, 4) is 17.0 Å². The molecule has 3 heterocycles. The van der Waals surface area contributed by atoms with Gasteiger partial charge < -0.3 is 30.7 Å². The molecule has 228 valence electrons. The molecule has 5 rings (SSSR count). The van der Waals surface area contributed by atoms with Crippen LogP contribution in [0, 0.1) is 5.41 Å². The summed E-state index contributed by atoms with van der Waals surface area (Å²) in [6.45, 7) is 1.68. The van der Waals surface area contributed by atoms with E-state index in [-0.39, 0.29) is 28.7 Å². The number of nitrogens with two attached hydrogens (primary N) is 1. The van der Waals surface area contributed by atoms with Crippen LogP contribution in [0.5, 0.6) is 5.88 Å². The number of nitrogens with one attached hydrogen (secondary N) is 1. The minimum Gasteiger partial charge on any atom is -0.480 e. The van der Waals surface area contributed by atoms with Crippen molar-refractivity contribution in [2.75, 3.05) is 44.4 Å². The highest BCUT2D eigenvalue weighted by atomic mass is 19.4. The zero-order valence-electron chi connectivity index (χ0n) is 23.8. The van der Waals surface area contributed by atoms with E-state index >= 15 is 0 Å². The van der Waals surface area contributed by atoms with Crippen molar-refractivity contribution in [3.05, 3.63) is 65.7 Å². The van der Waals surface area contributed by atoms with E-state index in [1.807, 2.05) is 4.90 Å². The van der Waals surface area contributed by atoms with Gasteiger partial charge >= 0.3 is 12.1 Å². The summed E-state index contributed by atoms with van der Waals surface area (Å²) in [6.07, 6.45) is -5.11. The zero-order chi connectivity index (χ0) is 30.9. The molecule has 10 nitrogen and oxygen atoms in total. The Morgan fingerprint density at radius 3 is 2.21 bits per heavy atom. The lowest BCUT2D eigenvalue weighted by atomic mass is 9.76. The smallest absolute Gasteiger partial charge is 0.429 e. The summed E-state index contributed by atoms with van der Waals surface area (Å²) >= 11 is 0. The largest absolute Gasteiger partial charge is 0.480 e. The molecule has 13 heteroatoms. The van der Waals surface area contributed by atoms with Crippen LogP contribution in [0.2, 0.25) is 0 Å². The fourth-order valence-electron chi connectivity index (χ4n) is 5.69. The first-order valence-electron chi connectivity index (χ1n) is 13.8. The van der Waals surface area contributed by atoms with Crippen LogP contribution in [0.4, 0.5) is 24.9 Å². The van der Waals surface area contributed by atoms with Crippen LogP contribution in [0.15, 0.2) is 54.6 Å². The lowest BCUT2D eigenvalue weighted by Gasteiger charge is -2.39. The number of hydrogen-bond donors (Lipinski definition) is 3. The fourth-order valence-corrected chi connectivity index (χ4v) is 5.69. The number of carbonyl (C=O) groups is 2. The number of aliphatic carboxylic acids is 1. The second-order valence-electron chi connectivity index (χ2n) is 11.3. The van der Waals surface area contributed by atoms with Crippen LogP contribution < -0.4 is 20.7 Å². The molecule has 43 heavy (non-hydrogen) atoms. The summed E-state index contributed by atoms with van der Waals surface area (Å²) in [5.74, 6) is -1.18. The molecule has 2 aromatic carbocycles. The third-order valence-corrected chi connectivity index (χ3v) is 8.13. The molecule has 0 aliphatic carbocycles. The second kappa shape index (κ2) is 11.7. The van der Waals surface area contributed by atoms with Crippen LogP contribution in [0.25, 0.3) is 11.1 Å². The zero-order valence-corrected chi connectivity index (χ0v) is 23.8. The van der Waals surface area contributed by atoms with Crippen molar-refractivity contribution >= 4 is 23.6 Å². The van der Waals surface area contributed by atoms with E-state index in [1.165, 1.54) is 23.1 Å². The van der Waals surface area contributed by atoms with Crippen molar-refractivity contribution < 1.29 is 32.6 Å². The lowest BCUT2D eigenvalue weighted by Crippen LogP contribution is -2.41. The number of nitrogen functional groups attached to an aromatic ring is 1. The number of anilines is 2. The number of piperidine rings is 1. The van der Waals surface area contributed by atoms with Crippen molar-refractivity contribution in [1.82, 2.24) is 20.2 Å². The minimum absolute atomic E-state index is 0.115. The average Bonchev–Trinajstić information content (AvgIpc) is 3.39. The first kappa shape index (κ1) is 30.1. The molecule has 0 bridgehead atoms. The summed E-state index contributed by atoms with van der Waals surface area (Å²) < 4.78 is 48.1. The van der Waals surface area contributed by atoms with E-state index in [4.69, 9.17) is 10.5 Å². The highest BCUT2D eigenvalue weighted by Crippen LogP contribution is 2.41. The number of carboxylic acids is 1. The van der Waals surface area contributed by atoms with Crippen molar-refractivity contribution in [3.63, 3.8) is 0 Å². The molecule has 2 saturated heterocycles. The molecule has 0 saturated carbocycles. The molecule has 2 aliphatic heterocycles. The highest BCUT2D eigenvalue weighted by Gasteiger charge is 2.45. The SMILES string of the molecule is CN(C)C(=O)c1ccc(-c2ccc(C(Oc3cc(N4CCC5(CC4)CN[C@H](C(=O)O)C5)nc(N)n3)C(F)(F)F)cc2)cc1. The predicted octanol–water partition coefficient (Wildman–Crippen LogP) is 4.14. The van der Waals surface area contributed by atoms with Gasteiger partial charge in [0.05, 0.1) is 0 Å². The lowest BCUT2D eigenvalue weighted by molar-refractivity contribution is -0.198. The van der Waals surface area contributed by atoms with Crippen LogP contribution in [-0.2, 0) is 4.79 Å². The summed E-state index contributed by atoms with van der Waals surface area (Å²) in [5, 5.41) is 12.4. The first-order valence-corrected chi connectivity index (χ1v) is 13.8. The van der Waals surface area contributed by atoms with Crippen molar-refractivity contribution in [1.29, 1.82) is 0 Å². The van der Waals surface area contributed by atoms with E-state index in [9.17, 15) is 27.9 Å². The first-order chi connectivity index (χ1) is 20.3. The summed E-state index contributed by atoms with van der Waals surface area (Å²) in [5.41, 5.74) is 7.55. The number of amides is 1. The molecule has 0 radical (unpaired) electrons. The van der Waals surface area contributed by atoms with Gasteiger partial charge in [0, 0.05) is 50.9 Å². The monoisotopic (exact) mass is 598 g/mol. The highest BCUT2D eigenvalue weighted by molar-refractivity contribution is 5.94. The maximum absolute atomic E-state index is 14.2. The number of hydrogen-bond acceptors (Lipinski definition) is 8. The molecule has 3 aromatic rings. The number of benzene rings is 2. The Balaban J connectivity index is 1.30. The van der Waals surface area contributed by atoms with Gasteiger partial charge in [0.2, 0.25) is 17.9 Å². The van der Waals surface area contributed by atoms with Crippen molar-refractivity contribution in [2.45, 2.75) is 37.6 Å². The summed E-state index contributed by atoms with van der Waals surface area (Å²) in [6, 6.07) is 13.4. The van der Waals surface area contributed by atoms with E-state index in [0.29, 0.717) is 55.8 Å². The van der Waals surface area contributed by atoms with E-state index < -0.39 is 24.3 Å². The number of carboxylic acid groups (broad SMARTS) is 1. The average molecular weight is 599 g/mol. The molecule has 2 aliphatic rings. The number of aromatic nitrogens is 2. The number of carbonyl (C=O) groups excluding carboxylic acids is 1. The normalized spacial score (nSPS) is 18.8. The van der Waals surface area contributed by atoms with Crippen LogP contribution in [-0.4, -0.2) is 77.8 Å². The third-order valence-electron chi connectivity index (χ3n) is 8.13. The van der Waals surface area contributed by atoms with Gasteiger partial charge in [0.25, 0.3) is 5.91 Å². The molecule has 1 unspecified atom stereocenters. The van der Waals surface area contributed by atoms with Gasteiger partial charge in [-0.3, -0.25) is 9.59 Å². The Labute approximate surface area is 246 Å². The molecule has 4 N–H and O–H groups in total. The quantitative estimate of drug-likeness (QED) is 0.367. The van der Waals surface area contributed by atoms with Gasteiger partial charge in [-0.2, -0.15) is 23.1 Å². The molecule has 1 aromatic heterocycles. The molecular weight excluding hydrogens is 565 g/mol. The van der Waals surface area contributed by atoms with Crippen LogP contribution in [0.3, 0.4) is 0 Å². The standard InChI is InChI=1S/C30H33F3N6O4/c1-38(2)26(40)21-9-5-19(6-10-21)18-3-7-20(8-4-18)25(30(31,32)33)43-24-15-23(36-28(34)37-24)39-13-11-29(12-14-39)16-22(27(41)42)35-17-29/h3-10,15,22,25,35H,11-14,16-17H2,1-2H3,(H,41,42)(H2,34,36,37)/t22-,25?/m0/s1. The number of rotatable bonds is 7. The van der Waals surface area contributed by atoms with Gasteiger partial charge in [0.1, 0.15) is 11.9 Å². The molecular formula is C30H33F3N6O4. The third kappa shape index (κ3) is 6.66. The number of ether oxygens (including phenoxy) is 1. The fraction of sp³-hybridized carbons (Fsp3) is 0.400. The predicted molar refractivity (Wildman–Crippen MR) is 154 cm³/mol. The topological polar surface area (TPSA) is 134 Å². The van der Waals surface area contributed by atoms with Gasteiger partial charge in [-0.15, -0.1) is 0 Å². The molecule has 1 spiro atoms. The molecule has 2 atom stereocenters. The van der Waals surface area contributed by atoms with Gasteiger partial charge in [-0.25, -0.2) is 0 Å². The number of nitrogens with zero attached hydrogens (tertiary/aromatic N) is 4. The van der Waals surface area contributed by atoms with E-state index in [1.54, 1.807) is 50.5 Å². The second-order valence-corrected chi connectivity index (χ2v) is 11.3. The molecule has 2 fully saturated rings. The Morgan fingerprint density at radius 1 is 1.07 bits per heavy atom. The van der Waals surface area contributed by atoms with E-state index in [0.717, 1.165) is 5.56 Å². The Bertz CT molecular complexity index is 1470. The number of alkyl halides is 3. The Hall–Kier alpha value is -4.39. The van der Waals surface area contributed by atoms with Gasteiger partial charge in [0.15, 0.2) is 0 Å². The van der Waals surface area contributed by atoms with Gasteiger partial charge in [-0.1, -0.05) is 36.4 Å². The molecule has 1 amide bonds. The maximum atomic E-state index is 14.2. The van der Waals surface area contributed by atoms with Crippen molar-refractivity contribution in [2.24, 2.45) is 5.41 Å². The summed E-state index contributed by atoms with van der Waals surface area (Å²) in [4.78, 5) is 35.0. The Kier molecular flexibility index (Phi) is 8.19. The number of halogens is 3. The van der Waals surface area contributed by atoms with Crippen LogP contribution >= 0.6 is 0 Å². The minimum atomic E-state index is -4.75.